The van der Waals surface area contributed by atoms with Crippen molar-refractivity contribution in [2.24, 2.45) is 0 Å². The minimum Gasteiger partial charge on any atom is -0.345 e. The van der Waals surface area contributed by atoms with Crippen LogP contribution in [-0.4, -0.2) is 34.5 Å². The predicted octanol–water partition coefficient (Wildman–Crippen LogP) is 5.35. The Kier molecular flexibility index (Phi) is 8.81. The lowest BCUT2D eigenvalue weighted by atomic mass is 9.94. The fourth-order valence-corrected chi connectivity index (χ4v) is 4.38. The highest BCUT2D eigenvalue weighted by molar-refractivity contribution is 9.10. The Morgan fingerprint density at radius 1 is 1.17 bits per heavy atom. The van der Waals surface area contributed by atoms with Gasteiger partial charge in [0.1, 0.15) is 0 Å². The summed E-state index contributed by atoms with van der Waals surface area (Å²) < 4.78 is 3.37. The summed E-state index contributed by atoms with van der Waals surface area (Å²) in [7, 11) is 0. The van der Waals surface area contributed by atoms with E-state index in [-0.39, 0.29) is 5.91 Å². The molecule has 1 aromatic carbocycles. The van der Waals surface area contributed by atoms with Crippen molar-refractivity contribution in [1.29, 1.82) is 0 Å². The maximum atomic E-state index is 13.1. The standard InChI is InChI=1S/C24H34BrN3O/c1-2-3-15-26-17-24(29)28(22-8-5-4-6-9-22)19-23-10-7-16-27(23)18-20-11-13-21(25)14-12-20/h7,10-14,16,22,26H,2-6,8-9,15,17-19H2,1H3. The van der Waals surface area contributed by atoms with E-state index in [1.807, 2.05) is 0 Å². The van der Waals surface area contributed by atoms with Gasteiger partial charge < -0.3 is 14.8 Å². The molecule has 0 aliphatic heterocycles. The van der Waals surface area contributed by atoms with Crippen LogP contribution < -0.4 is 5.32 Å². The Morgan fingerprint density at radius 3 is 2.66 bits per heavy atom. The Balaban J connectivity index is 1.69. The summed E-state index contributed by atoms with van der Waals surface area (Å²) in [6.07, 6.45) is 10.4. The van der Waals surface area contributed by atoms with E-state index in [4.69, 9.17) is 0 Å². The molecule has 1 amide bonds. The van der Waals surface area contributed by atoms with Crippen molar-refractivity contribution in [3.8, 4) is 0 Å². The molecule has 1 N–H and O–H groups in total. The summed E-state index contributed by atoms with van der Waals surface area (Å²) in [5.41, 5.74) is 2.47. The van der Waals surface area contributed by atoms with E-state index in [2.05, 4.69) is 80.2 Å². The maximum absolute atomic E-state index is 13.1. The average molecular weight is 460 g/mol. The molecule has 0 atom stereocenters. The van der Waals surface area contributed by atoms with E-state index in [1.54, 1.807) is 0 Å². The number of rotatable bonds is 10. The fraction of sp³-hybridized carbons (Fsp3) is 0.542. The van der Waals surface area contributed by atoms with Crippen LogP contribution in [0.1, 0.15) is 63.1 Å². The molecule has 4 nitrogen and oxygen atoms in total. The van der Waals surface area contributed by atoms with Crippen molar-refractivity contribution in [2.75, 3.05) is 13.1 Å². The zero-order valence-electron chi connectivity index (χ0n) is 17.6. The van der Waals surface area contributed by atoms with Crippen LogP contribution in [0.5, 0.6) is 0 Å². The zero-order valence-corrected chi connectivity index (χ0v) is 19.2. The number of halogens is 1. The Hall–Kier alpha value is -1.59. The molecule has 5 heteroatoms. The van der Waals surface area contributed by atoms with Crippen LogP contribution in [0.25, 0.3) is 0 Å². The van der Waals surface area contributed by atoms with Crippen LogP contribution in [0.2, 0.25) is 0 Å². The first-order chi connectivity index (χ1) is 14.2. The van der Waals surface area contributed by atoms with Gasteiger partial charge in [0.05, 0.1) is 13.1 Å². The number of carbonyl (C=O) groups is 1. The van der Waals surface area contributed by atoms with E-state index < -0.39 is 0 Å². The maximum Gasteiger partial charge on any atom is 0.237 e. The van der Waals surface area contributed by atoms with Gasteiger partial charge in [0.2, 0.25) is 5.91 Å². The summed E-state index contributed by atoms with van der Waals surface area (Å²) in [6, 6.07) is 13.1. The summed E-state index contributed by atoms with van der Waals surface area (Å²) in [5, 5.41) is 3.34. The number of nitrogens with zero attached hydrogens (tertiary/aromatic N) is 2. The van der Waals surface area contributed by atoms with Gasteiger partial charge in [0.25, 0.3) is 0 Å². The number of benzene rings is 1. The van der Waals surface area contributed by atoms with Crippen LogP contribution in [0.15, 0.2) is 47.1 Å². The molecule has 0 radical (unpaired) electrons. The molecular weight excluding hydrogens is 426 g/mol. The van der Waals surface area contributed by atoms with E-state index in [1.165, 1.54) is 30.5 Å². The summed E-state index contributed by atoms with van der Waals surface area (Å²) in [6.45, 7) is 5.07. The molecule has 1 aliphatic rings. The molecule has 158 valence electrons. The highest BCUT2D eigenvalue weighted by Crippen LogP contribution is 2.24. The van der Waals surface area contributed by atoms with Gasteiger partial charge >= 0.3 is 0 Å². The minimum absolute atomic E-state index is 0.240. The third-order valence-corrected chi connectivity index (χ3v) is 6.37. The van der Waals surface area contributed by atoms with Crippen molar-refractivity contribution in [3.63, 3.8) is 0 Å². The summed E-state index contributed by atoms with van der Waals surface area (Å²) in [4.78, 5) is 15.2. The Morgan fingerprint density at radius 2 is 1.93 bits per heavy atom. The zero-order chi connectivity index (χ0) is 20.5. The second kappa shape index (κ2) is 11.6. The second-order valence-electron chi connectivity index (χ2n) is 8.10. The molecule has 1 saturated carbocycles. The number of aromatic nitrogens is 1. The van der Waals surface area contributed by atoms with Crippen molar-refractivity contribution < 1.29 is 4.79 Å². The first-order valence-corrected chi connectivity index (χ1v) is 11.9. The van der Waals surface area contributed by atoms with E-state index in [9.17, 15) is 4.79 Å². The number of amides is 1. The van der Waals surface area contributed by atoms with Gasteiger partial charge in [-0.1, -0.05) is 60.7 Å². The molecule has 3 rings (SSSR count). The lowest BCUT2D eigenvalue weighted by molar-refractivity contribution is -0.134. The third-order valence-electron chi connectivity index (χ3n) is 5.84. The van der Waals surface area contributed by atoms with E-state index in [0.717, 1.165) is 43.2 Å². The number of hydrogen-bond donors (Lipinski definition) is 1. The van der Waals surface area contributed by atoms with Gasteiger partial charge in [0, 0.05) is 29.0 Å². The highest BCUT2D eigenvalue weighted by Gasteiger charge is 2.26. The molecule has 0 spiro atoms. The normalized spacial score (nSPS) is 14.8. The lowest BCUT2D eigenvalue weighted by Crippen LogP contribution is -2.45. The first-order valence-electron chi connectivity index (χ1n) is 11.1. The van der Waals surface area contributed by atoms with E-state index in [0.29, 0.717) is 19.1 Å². The van der Waals surface area contributed by atoms with Gasteiger partial charge in [-0.2, -0.15) is 0 Å². The molecule has 0 saturated heterocycles. The van der Waals surface area contributed by atoms with Crippen molar-refractivity contribution in [2.45, 2.75) is 71.0 Å². The molecule has 1 heterocycles. The SMILES string of the molecule is CCCCNCC(=O)N(Cc1cccn1Cc1ccc(Br)cc1)C1CCCCC1. The molecule has 2 aromatic rings. The van der Waals surface area contributed by atoms with Crippen LogP contribution in [0, 0.1) is 0 Å². The molecule has 0 bridgehead atoms. The quantitative estimate of drug-likeness (QED) is 0.486. The van der Waals surface area contributed by atoms with Crippen molar-refractivity contribution in [1.82, 2.24) is 14.8 Å². The summed E-state index contributed by atoms with van der Waals surface area (Å²) in [5.74, 6) is 0.240. The molecular formula is C24H34BrN3O. The number of carbonyl (C=O) groups excluding carboxylic acids is 1. The molecule has 1 aromatic heterocycles. The third kappa shape index (κ3) is 6.71. The monoisotopic (exact) mass is 459 g/mol. The Bertz CT molecular complexity index is 750. The number of hydrogen-bond acceptors (Lipinski definition) is 2. The average Bonchev–Trinajstić information content (AvgIpc) is 3.18. The molecule has 1 aliphatic carbocycles. The van der Waals surface area contributed by atoms with Gasteiger partial charge in [0.15, 0.2) is 0 Å². The Labute approximate surface area is 183 Å². The van der Waals surface area contributed by atoms with Gasteiger partial charge in [-0.25, -0.2) is 0 Å². The first kappa shape index (κ1) is 22.1. The van der Waals surface area contributed by atoms with Crippen LogP contribution >= 0.6 is 15.9 Å². The number of unbranched alkanes of at least 4 members (excludes halogenated alkanes) is 1. The minimum atomic E-state index is 0.240. The van der Waals surface area contributed by atoms with Crippen LogP contribution in [0.4, 0.5) is 0 Å². The van der Waals surface area contributed by atoms with Crippen LogP contribution in [0.3, 0.4) is 0 Å². The fourth-order valence-electron chi connectivity index (χ4n) is 4.12. The number of nitrogens with one attached hydrogen (secondary N) is 1. The predicted molar refractivity (Wildman–Crippen MR) is 123 cm³/mol. The van der Waals surface area contributed by atoms with Crippen molar-refractivity contribution >= 4 is 21.8 Å². The van der Waals surface area contributed by atoms with E-state index >= 15 is 0 Å². The van der Waals surface area contributed by atoms with Crippen molar-refractivity contribution in [3.05, 3.63) is 58.3 Å². The largest absolute Gasteiger partial charge is 0.345 e. The highest BCUT2D eigenvalue weighted by atomic mass is 79.9. The molecule has 29 heavy (non-hydrogen) atoms. The lowest BCUT2D eigenvalue weighted by Gasteiger charge is -2.35. The van der Waals surface area contributed by atoms with Gasteiger partial charge in [-0.05, 0) is 55.6 Å². The topological polar surface area (TPSA) is 37.3 Å². The summed E-state index contributed by atoms with van der Waals surface area (Å²) >= 11 is 3.50. The smallest absolute Gasteiger partial charge is 0.237 e. The van der Waals surface area contributed by atoms with Gasteiger partial charge in [-0.3, -0.25) is 4.79 Å². The van der Waals surface area contributed by atoms with Gasteiger partial charge in [-0.15, -0.1) is 0 Å². The second-order valence-corrected chi connectivity index (χ2v) is 9.01. The molecule has 0 unspecified atom stereocenters. The molecule has 1 fully saturated rings. The van der Waals surface area contributed by atoms with Crippen LogP contribution in [-0.2, 0) is 17.9 Å².